The van der Waals surface area contributed by atoms with Gasteiger partial charge in [-0.3, -0.25) is 0 Å². The Morgan fingerprint density at radius 2 is 1.43 bits per heavy atom. The van der Waals surface area contributed by atoms with Crippen LogP contribution in [0, 0.1) is 0 Å². The molecule has 0 aliphatic heterocycles. The highest BCUT2D eigenvalue weighted by molar-refractivity contribution is 4.32. The Balaban J connectivity index is 3.54. The molecule has 7 heavy (non-hydrogen) atoms. The van der Waals surface area contributed by atoms with Crippen molar-refractivity contribution in [2.24, 2.45) is 0 Å². The van der Waals surface area contributed by atoms with Gasteiger partial charge in [0.1, 0.15) is 0 Å². The van der Waals surface area contributed by atoms with Crippen molar-refractivity contribution in [1.82, 2.24) is 5.12 Å². The van der Waals surface area contributed by atoms with E-state index in [2.05, 4.69) is 0 Å². The fourth-order valence-electron chi connectivity index (χ4n) is 0. The quantitative estimate of drug-likeness (QED) is 0.263. The summed E-state index contributed by atoms with van der Waals surface area (Å²) in [7, 11) is 0.292. The molecule has 0 aromatic heterocycles. The highest BCUT2D eigenvalue weighted by atomic mass is 19.4. The van der Waals surface area contributed by atoms with Crippen molar-refractivity contribution in [1.29, 1.82) is 0 Å². The minimum Gasteiger partial charge on any atom is -0.153 e. The Kier molecular flexibility index (Phi) is 1.58. The van der Waals surface area contributed by atoms with Gasteiger partial charge in [0.2, 0.25) is 0 Å². The topological polar surface area (TPSA) is 3.24 Å². The summed E-state index contributed by atoms with van der Waals surface area (Å²) in [6, 6.07) is 0. The second-order valence-electron chi connectivity index (χ2n) is 0.945. The first-order chi connectivity index (χ1) is 2.94. The van der Waals surface area contributed by atoms with Gasteiger partial charge in [-0.1, -0.05) is 5.12 Å². The molecule has 0 aromatic rings. The highest BCUT2D eigenvalue weighted by Crippen LogP contribution is 2.18. The number of hydrogen-bond acceptors (Lipinski definition) is 1. The van der Waals surface area contributed by atoms with Crippen LogP contribution >= 0.6 is 0 Å². The molecule has 0 aliphatic carbocycles. The zero-order chi connectivity index (χ0) is 6.08. The van der Waals surface area contributed by atoms with Crippen LogP contribution in [0.15, 0.2) is 0 Å². The van der Waals surface area contributed by atoms with Crippen molar-refractivity contribution in [2.75, 3.05) is 7.05 Å². The van der Waals surface area contributed by atoms with Crippen molar-refractivity contribution in [3.63, 3.8) is 0 Å². The molecule has 0 aromatic carbocycles. The zero-order valence-electron chi connectivity index (χ0n) is 3.46. The number of halogens is 4. The van der Waals surface area contributed by atoms with E-state index in [0.717, 1.165) is 0 Å². The van der Waals surface area contributed by atoms with Crippen LogP contribution in [0.1, 0.15) is 0 Å². The predicted octanol–water partition coefficient (Wildman–Crippen LogP) is 1.32. The maximum atomic E-state index is 10.9. The maximum absolute atomic E-state index is 10.9. The molecule has 0 N–H and O–H groups in total. The van der Waals surface area contributed by atoms with Crippen LogP contribution < -0.4 is 0 Å². The lowest BCUT2D eigenvalue weighted by Gasteiger charge is -2.06. The Bertz CT molecular complexity index is 55.2. The first-order valence-electron chi connectivity index (χ1n) is 1.41. The second-order valence-corrected chi connectivity index (χ2v) is 0.945. The molecule has 44 valence electrons. The highest BCUT2D eigenvalue weighted by Gasteiger charge is 2.34. The average Bonchev–Trinajstić information content (AvgIpc) is 1.31. The van der Waals surface area contributed by atoms with Crippen molar-refractivity contribution < 1.29 is 17.7 Å². The summed E-state index contributed by atoms with van der Waals surface area (Å²) in [5.41, 5.74) is 0. The SMILES string of the molecule is CN(F)C(F)(F)F. The summed E-state index contributed by atoms with van der Waals surface area (Å²) < 4.78 is 43.1. The van der Waals surface area contributed by atoms with Gasteiger partial charge in [-0.2, -0.15) is 13.2 Å². The van der Waals surface area contributed by atoms with E-state index in [0.29, 0.717) is 7.05 Å². The monoisotopic (exact) mass is 117 g/mol. The van der Waals surface area contributed by atoms with Gasteiger partial charge in [-0.15, -0.1) is 4.48 Å². The Labute approximate surface area is 37.5 Å². The van der Waals surface area contributed by atoms with Gasteiger partial charge in [0.25, 0.3) is 0 Å². The molecule has 0 fully saturated rings. The summed E-state index contributed by atoms with van der Waals surface area (Å²) in [6.07, 6.45) is -4.83. The largest absolute Gasteiger partial charge is 0.486 e. The van der Waals surface area contributed by atoms with Gasteiger partial charge in [-0.05, 0) is 0 Å². The fraction of sp³-hybridized carbons (Fsp3) is 1.00. The predicted molar refractivity (Wildman–Crippen MR) is 14.9 cm³/mol. The van der Waals surface area contributed by atoms with Crippen LogP contribution in [0.4, 0.5) is 17.7 Å². The molecule has 0 atom stereocenters. The van der Waals surface area contributed by atoms with E-state index in [1.54, 1.807) is 0 Å². The summed E-state index contributed by atoms with van der Waals surface area (Å²) in [6.45, 7) is 0. The van der Waals surface area contributed by atoms with Gasteiger partial charge in [-0.25, -0.2) is 0 Å². The maximum Gasteiger partial charge on any atom is 0.486 e. The smallest absolute Gasteiger partial charge is 0.153 e. The minimum absolute atomic E-state index is 0.292. The van der Waals surface area contributed by atoms with Gasteiger partial charge in [0, 0.05) is 7.05 Å². The number of hydrogen-bond donors (Lipinski definition) is 0. The van der Waals surface area contributed by atoms with Crippen molar-refractivity contribution in [3.05, 3.63) is 0 Å². The summed E-state index contributed by atoms with van der Waals surface area (Å²) in [4.78, 5) is 0. The van der Waals surface area contributed by atoms with Crippen LogP contribution in [-0.4, -0.2) is 18.5 Å². The first kappa shape index (κ1) is 6.68. The van der Waals surface area contributed by atoms with Crippen LogP contribution in [0.5, 0.6) is 0 Å². The van der Waals surface area contributed by atoms with Crippen LogP contribution in [0.3, 0.4) is 0 Å². The summed E-state index contributed by atoms with van der Waals surface area (Å²) in [5, 5.41) is -1.31. The third-order valence-electron chi connectivity index (χ3n) is 0.349. The molecule has 0 heterocycles. The molecule has 0 saturated carbocycles. The van der Waals surface area contributed by atoms with E-state index in [4.69, 9.17) is 0 Å². The van der Waals surface area contributed by atoms with E-state index < -0.39 is 11.4 Å². The lowest BCUT2D eigenvalue weighted by Crippen LogP contribution is -2.25. The van der Waals surface area contributed by atoms with Gasteiger partial charge in [0.15, 0.2) is 0 Å². The third-order valence-corrected chi connectivity index (χ3v) is 0.349. The number of nitrogens with zero attached hydrogens (tertiary/aromatic N) is 1. The van der Waals surface area contributed by atoms with Crippen LogP contribution in [-0.2, 0) is 0 Å². The lowest BCUT2D eigenvalue weighted by atomic mass is 11.1. The molecule has 1 nitrogen and oxygen atoms in total. The normalized spacial score (nSPS) is 12.9. The lowest BCUT2D eigenvalue weighted by molar-refractivity contribution is -0.301. The number of rotatable bonds is 0. The van der Waals surface area contributed by atoms with E-state index in [-0.39, 0.29) is 0 Å². The molecule has 0 spiro atoms. The molecular formula is C2H3F4N. The molecule has 0 radical (unpaired) electrons. The Morgan fingerprint density at radius 1 is 1.29 bits per heavy atom. The average molecular weight is 117 g/mol. The molecule has 5 heteroatoms. The molecule has 0 amide bonds. The van der Waals surface area contributed by atoms with Crippen molar-refractivity contribution in [2.45, 2.75) is 6.30 Å². The third kappa shape index (κ3) is 2.38. The van der Waals surface area contributed by atoms with Gasteiger partial charge in [0.05, 0.1) is 0 Å². The van der Waals surface area contributed by atoms with E-state index in [1.165, 1.54) is 0 Å². The standard InChI is InChI=1S/C2H3F4N/c1-7(6)2(3,4)5/h1H3. The summed E-state index contributed by atoms with van der Waals surface area (Å²) >= 11 is 0. The second kappa shape index (κ2) is 1.65. The van der Waals surface area contributed by atoms with Crippen LogP contribution in [0.2, 0.25) is 0 Å². The van der Waals surface area contributed by atoms with Gasteiger partial charge >= 0.3 is 6.30 Å². The molecule has 0 rings (SSSR count). The van der Waals surface area contributed by atoms with Crippen molar-refractivity contribution in [3.8, 4) is 0 Å². The zero-order valence-corrected chi connectivity index (χ0v) is 3.46. The fourth-order valence-corrected chi connectivity index (χ4v) is 0. The van der Waals surface area contributed by atoms with E-state index >= 15 is 0 Å². The van der Waals surface area contributed by atoms with Crippen molar-refractivity contribution >= 4 is 0 Å². The molecule has 0 unspecified atom stereocenters. The molecule has 0 aliphatic rings. The minimum atomic E-state index is -4.83. The first-order valence-corrected chi connectivity index (χ1v) is 1.41. The summed E-state index contributed by atoms with van der Waals surface area (Å²) in [5.74, 6) is 0. The van der Waals surface area contributed by atoms with E-state index in [1.807, 2.05) is 0 Å². The van der Waals surface area contributed by atoms with E-state index in [9.17, 15) is 17.7 Å². The van der Waals surface area contributed by atoms with Gasteiger partial charge < -0.3 is 0 Å². The number of alkyl halides is 3. The Morgan fingerprint density at radius 3 is 1.43 bits per heavy atom. The molecular weight excluding hydrogens is 114 g/mol. The van der Waals surface area contributed by atoms with Crippen LogP contribution in [0.25, 0.3) is 0 Å². The molecule has 0 bridgehead atoms. The Hall–Kier alpha value is -0.320. The molecule has 0 saturated heterocycles.